The van der Waals surface area contributed by atoms with E-state index in [0.29, 0.717) is 44.0 Å². The summed E-state index contributed by atoms with van der Waals surface area (Å²) in [6.45, 7) is 4.99. The van der Waals surface area contributed by atoms with E-state index in [9.17, 15) is 19.2 Å². The molecule has 1 atom stereocenters. The number of benzene rings is 2. The van der Waals surface area contributed by atoms with E-state index < -0.39 is 6.04 Å². The van der Waals surface area contributed by atoms with E-state index in [-0.39, 0.29) is 23.2 Å². The summed E-state index contributed by atoms with van der Waals surface area (Å²) in [4.78, 5) is 56.0. The summed E-state index contributed by atoms with van der Waals surface area (Å²) in [6, 6.07) is 14.8. The third-order valence-electron chi connectivity index (χ3n) is 5.70. The predicted octanol–water partition coefficient (Wildman–Crippen LogP) is 4.81. The van der Waals surface area contributed by atoms with Gasteiger partial charge in [0.1, 0.15) is 10.9 Å². The number of carbonyl (C=O) groups excluding carboxylic acids is 3. The SMILES string of the molecule is CCC(C(=O)Nc1ccc(C(C)=O)cc1)n1cnc2sc(C(=O)Nc3ccccc3)c(C)c2c1=O. The number of ketones is 1. The normalized spacial score (nSPS) is 11.7. The van der Waals surface area contributed by atoms with E-state index in [2.05, 4.69) is 15.6 Å². The standard InChI is InChI=1S/C26H24N4O4S/c1-4-20(23(32)28-19-12-10-17(11-13-19)16(3)31)30-14-27-25-21(26(30)34)15(2)22(35-25)24(33)29-18-8-6-5-7-9-18/h5-14,20H,4H2,1-3H3,(H,28,32)(H,29,33). The van der Waals surface area contributed by atoms with Crippen molar-refractivity contribution in [2.24, 2.45) is 0 Å². The van der Waals surface area contributed by atoms with Gasteiger partial charge < -0.3 is 10.6 Å². The first-order chi connectivity index (χ1) is 16.8. The molecule has 9 heteroatoms. The number of hydrogen-bond acceptors (Lipinski definition) is 6. The van der Waals surface area contributed by atoms with Crippen LogP contribution in [-0.2, 0) is 4.79 Å². The first kappa shape index (κ1) is 24.0. The van der Waals surface area contributed by atoms with Gasteiger partial charge in [-0.25, -0.2) is 4.98 Å². The molecule has 2 heterocycles. The number of nitrogens with one attached hydrogen (secondary N) is 2. The summed E-state index contributed by atoms with van der Waals surface area (Å²) >= 11 is 1.14. The van der Waals surface area contributed by atoms with Crippen molar-refractivity contribution in [2.45, 2.75) is 33.2 Å². The van der Waals surface area contributed by atoms with E-state index in [1.54, 1.807) is 50.2 Å². The Morgan fingerprint density at radius 2 is 1.66 bits per heavy atom. The maximum Gasteiger partial charge on any atom is 0.266 e. The number of amides is 2. The molecule has 0 aliphatic heterocycles. The highest BCUT2D eigenvalue weighted by molar-refractivity contribution is 7.20. The average molecular weight is 489 g/mol. The molecule has 0 saturated carbocycles. The Balaban J connectivity index is 1.63. The Morgan fingerprint density at radius 1 is 1.00 bits per heavy atom. The lowest BCUT2D eigenvalue weighted by atomic mass is 10.1. The third kappa shape index (κ3) is 4.90. The Labute approximate surface area is 205 Å². The Kier molecular flexibility index (Phi) is 6.88. The van der Waals surface area contributed by atoms with Gasteiger partial charge in [0, 0.05) is 16.9 Å². The Hall–Kier alpha value is -4.11. The monoisotopic (exact) mass is 488 g/mol. The van der Waals surface area contributed by atoms with Crippen molar-refractivity contribution in [3.8, 4) is 0 Å². The number of fused-ring (bicyclic) bond motifs is 1. The van der Waals surface area contributed by atoms with E-state index in [0.717, 1.165) is 11.3 Å². The van der Waals surface area contributed by atoms with Crippen molar-refractivity contribution >= 4 is 50.5 Å². The van der Waals surface area contributed by atoms with Crippen molar-refractivity contribution in [1.82, 2.24) is 9.55 Å². The fourth-order valence-electron chi connectivity index (χ4n) is 3.81. The molecule has 35 heavy (non-hydrogen) atoms. The third-order valence-corrected chi connectivity index (χ3v) is 6.90. The highest BCUT2D eigenvalue weighted by Gasteiger charge is 2.24. The number of hydrogen-bond donors (Lipinski definition) is 2. The van der Waals surface area contributed by atoms with Gasteiger partial charge in [-0.05, 0) is 62.2 Å². The molecular weight excluding hydrogens is 464 g/mol. The van der Waals surface area contributed by atoms with Crippen LogP contribution in [0.5, 0.6) is 0 Å². The van der Waals surface area contributed by atoms with Crippen LogP contribution in [0.15, 0.2) is 65.7 Å². The van der Waals surface area contributed by atoms with E-state index in [4.69, 9.17) is 0 Å². The molecule has 8 nitrogen and oxygen atoms in total. The van der Waals surface area contributed by atoms with Gasteiger partial charge in [-0.15, -0.1) is 11.3 Å². The van der Waals surface area contributed by atoms with Crippen LogP contribution in [0.1, 0.15) is 51.9 Å². The van der Waals surface area contributed by atoms with E-state index in [1.807, 2.05) is 18.2 Å². The maximum atomic E-state index is 13.4. The van der Waals surface area contributed by atoms with Crippen LogP contribution >= 0.6 is 11.3 Å². The minimum absolute atomic E-state index is 0.0665. The fraction of sp³-hybridized carbons (Fsp3) is 0.192. The highest BCUT2D eigenvalue weighted by Crippen LogP contribution is 2.28. The first-order valence-electron chi connectivity index (χ1n) is 11.1. The van der Waals surface area contributed by atoms with Crippen LogP contribution in [0.4, 0.5) is 11.4 Å². The number of aromatic nitrogens is 2. The van der Waals surface area contributed by atoms with Crippen LogP contribution in [0.2, 0.25) is 0 Å². The molecule has 4 rings (SSSR count). The summed E-state index contributed by atoms with van der Waals surface area (Å²) in [5.74, 6) is -0.758. The molecule has 0 fully saturated rings. The molecule has 0 spiro atoms. The van der Waals surface area contributed by atoms with Crippen LogP contribution in [0.25, 0.3) is 10.2 Å². The molecule has 0 aliphatic rings. The molecule has 2 amide bonds. The molecule has 0 radical (unpaired) electrons. The van der Waals surface area contributed by atoms with Crippen LogP contribution in [-0.4, -0.2) is 27.1 Å². The average Bonchev–Trinajstić information content (AvgIpc) is 3.19. The number of Topliss-reactive ketones (excluding diaryl/α,β-unsaturated/α-hetero) is 1. The molecule has 2 aromatic heterocycles. The highest BCUT2D eigenvalue weighted by atomic mass is 32.1. The molecule has 2 N–H and O–H groups in total. The van der Waals surface area contributed by atoms with Gasteiger partial charge in [0.05, 0.1) is 16.6 Å². The lowest BCUT2D eigenvalue weighted by molar-refractivity contribution is -0.119. The van der Waals surface area contributed by atoms with E-state index >= 15 is 0 Å². The van der Waals surface area contributed by atoms with Crippen molar-refractivity contribution in [3.05, 3.63) is 87.3 Å². The van der Waals surface area contributed by atoms with Gasteiger partial charge in [0.2, 0.25) is 5.91 Å². The lowest BCUT2D eigenvalue weighted by Crippen LogP contribution is -2.33. The summed E-state index contributed by atoms with van der Waals surface area (Å²) in [6.07, 6.45) is 1.71. The number of rotatable bonds is 7. The summed E-state index contributed by atoms with van der Waals surface area (Å²) in [5, 5.41) is 5.96. The molecular formula is C26H24N4O4S. The number of nitrogens with zero attached hydrogens (tertiary/aromatic N) is 2. The van der Waals surface area contributed by atoms with Crippen LogP contribution in [0.3, 0.4) is 0 Å². The molecule has 2 aromatic carbocycles. The van der Waals surface area contributed by atoms with Gasteiger partial charge in [-0.1, -0.05) is 25.1 Å². The van der Waals surface area contributed by atoms with Gasteiger partial charge in [0.25, 0.3) is 11.5 Å². The van der Waals surface area contributed by atoms with Gasteiger partial charge >= 0.3 is 0 Å². The second kappa shape index (κ2) is 10.0. The number of para-hydroxylation sites is 1. The zero-order valence-corrected chi connectivity index (χ0v) is 20.3. The summed E-state index contributed by atoms with van der Waals surface area (Å²) in [5.41, 5.74) is 1.86. The number of anilines is 2. The van der Waals surface area contributed by atoms with Crippen molar-refractivity contribution < 1.29 is 14.4 Å². The topological polar surface area (TPSA) is 110 Å². The molecule has 4 aromatic rings. The Morgan fingerprint density at radius 3 is 2.29 bits per heavy atom. The number of thiophene rings is 1. The van der Waals surface area contributed by atoms with Gasteiger partial charge in [0.15, 0.2) is 5.78 Å². The second-order valence-electron chi connectivity index (χ2n) is 8.06. The lowest BCUT2D eigenvalue weighted by Gasteiger charge is -2.17. The quantitative estimate of drug-likeness (QED) is 0.363. The molecule has 0 saturated heterocycles. The maximum absolute atomic E-state index is 13.4. The van der Waals surface area contributed by atoms with Crippen LogP contribution in [0, 0.1) is 6.92 Å². The summed E-state index contributed by atoms with van der Waals surface area (Å²) < 4.78 is 1.31. The zero-order chi connectivity index (χ0) is 25.1. The number of aryl methyl sites for hydroxylation is 1. The van der Waals surface area contributed by atoms with Crippen LogP contribution < -0.4 is 16.2 Å². The largest absolute Gasteiger partial charge is 0.324 e. The minimum atomic E-state index is -0.798. The fourth-order valence-corrected chi connectivity index (χ4v) is 4.84. The minimum Gasteiger partial charge on any atom is -0.324 e. The smallest absolute Gasteiger partial charge is 0.266 e. The van der Waals surface area contributed by atoms with Gasteiger partial charge in [-0.3, -0.25) is 23.7 Å². The Bertz CT molecular complexity index is 1470. The summed E-state index contributed by atoms with van der Waals surface area (Å²) in [7, 11) is 0. The van der Waals surface area contributed by atoms with E-state index in [1.165, 1.54) is 17.8 Å². The van der Waals surface area contributed by atoms with Crippen molar-refractivity contribution in [3.63, 3.8) is 0 Å². The molecule has 0 bridgehead atoms. The van der Waals surface area contributed by atoms with Crippen molar-refractivity contribution in [2.75, 3.05) is 10.6 Å². The first-order valence-corrected chi connectivity index (χ1v) is 11.9. The number of carbonyl (C=O) groups is 3. The van der Waals surface area contributed by atoms with Crippen molar-refractivity contribution in [1.29, 1.82) is 0 Å². The van der Waals surface area contributed by atoms with Gasteiger partial charge in [-0.2, -0.15) is 0 Å². The molecule has 178 valence electrons. The zero-order valence-electron chi connectivity index (χ0n) is 19.5. The second-order valence-corrected chi connectivity index (χ2v) is 9.06. The molecule has 1 unspecified atom stereocenters. The predicted molar refractivity (Wildman–Crippen MR) is 137 cm³/mol. The molecule has 0 aliphatic carbocycles.